The van der Waals surface area contributed by atoms with E-state index in [-0.39, 0.29) is 0 Å². The first kappa shape index (κ1) is 8.05. The topological polar surface area (TPSA) is 24.9 Å². The Kier molecular flexibility index (Phi) is 2.30. The van der Waals surface area contributed by atoms with Gasteiger partial charge in [0.05, 0.1) is 5.69 Å². The third kappa shape index (κ3) is 1.61. The Bertz CT molecular complexity index is 271. The molecule has 2 nitrogen and oxygen atoms in total. The molecule has 0 atom stereocenters. The van der Waals surface area contributed by atoms with Gasteiger partial charge in [-0.15, -0.1) is 0 Å². The lowest BCUT2D eigenvalue weighted by Crippen LogP contribution is -2.27. The number of halogens is 1. The zero-order chi connectivity index (χ0) is 8.39. The minimum Gasteiger partial charge on any atom is -0.380 e. The van der Waals surface area contributed by atoms with Crippen molar-refractivity contribution in [2.24, 2.45) is 0 Å². The lowest BCUT2D eigenvalue weighted by Gasteiger charge is -2.27. The first-order chi connectivity index (χ1) is 5.86. The van der Waals surface area contributed by atoms with Gasteiger partial charge in [0.15, 0.2) is 0 Å². The Hall–Kier alpha value is -0.570. The second kappa shape index (κ2) is 3.44. The van der Waals surface area contributed by atoms with Crippen LogP contribution in [0.2, 0.25) is 0 Å². The van der Waals surface area contributed by atoms with Gasteiger partial charge in [0.1, 0.15) is 4.60 Å². The van der Waals surface area contributed by atoms with Crippen LogP contribution in [-0.4, -0.2) is 11.0 Å². The molecule has 3 heteroatoms. The van der Waals surface area contributed by atoms with Crippen LogP contribution in [-0.2, 0) is 0 Å². The first-order valence-corrected chi connectivity index (χ1v) is 5.02. The lowest BCUT2D eigenvalue weighted by atomic mass is 9.93. The van der Waals surface area contributed by atoms with Gasteiger partial charge in [-0.2, -0.15) is 0 Å². The molecule has 1 aromatic heterocycles. The zero-order valence-electron chi connectivity index (χ0n) is 6.76. The molecule has 1 N–H and O–H groups in total. The Morgan fingerprint density at radius 2 is 2.33 bits per heavy atom. The third-order valence-electron chi connectivity index (χ3n) is 2.22. The minimum atomic E-state index is 0.672. The van der Waals surface area contributed by atoms with Crippen LogP contribution in [0.5, 0.6) is 0 Å². The monoisotopic (exact) mass is 226 g/mol. The molecule has 2 rings (SSSR count). The van der Waals surface area contributed by atoms with Gasteiger partial charge in [-0.1, -0.05) is 0 Å². The molecule has 1 aliphatic carbocycles. The molecule has 0 bridgehead atoms. The number of nitrogens with one attached hydrogen (secondary N) is 1. The maximum Gasteiger partial charge on any atom is 0.129 e. The molecule has 0 unspecified atom stereocenters. The van der Waals surface area contributed by atoms with Crippen LogP contribution in [0.1, 0.15) is 19.3 Å². The van der Waals surface area contributed by atoms with E-state index < -0.39 is 0 Å². The van der Waals surface area contributed by atoms with Crippen molar-refractivity contribution in [1.82, 2.24) is 4.98 Å². The van der Waals surface area contributed by atoms with Crippen molar-refractivity contribution in [3.05, 3.63) is 22.9 Å². The van der Waals surface area contributed by atoms with Crippen LogP contribution < -0.4 is 5.32 Å². The fourth-order valence-electron chi connectivity index (χ4n) is 1.27. The predicted octanol–water partition coefficient (Wildman–Crippen LogP) is 2.81. The summed E-state index contributed by atoms with van der Waals surface area (Å²) in [6.07, 6.45) is 5.73. The summed E-state index contributed by atoms with van der Waals surface area (Å²) in [5.74, 6) is 0. The lowest BCUT2D eigenvalue weighted by molar-refractivity contribution is 0.445. The molecular formula is C9H11BrN2. The number of nitrogens with zero attached hydrogens (tertiary/aromatic N) is 1. The highest BCUT2D eigenvalue weighted by molar-refractivity contribution is 9.10. The highest BCUT2D eigenvalue weighted by atomic mass is 79.9. The Morgan fingerprint density at radius 1 is 1.50 bits per heavy atom. The van der Waals surface area contributed by atoms with Crippen molar-refractivity contribution in [2.75, 3.05) is 5.32 Å². The van der Waals surface area contributed by atoms with Gasteiger partial charge < -0.3 is 5.32 Å². The quantitative estimate of drug-likeness (QED) is 0.785. The summed E-state index contributed by atoms with van der Waals surface area (Å²) in [6, 6.07) is 4.67. The fourth-order valence-corrected chi connectivity index (χ4v) is 1.63. The Balaban J connectivity index is 2.06. The van der Waals surface area contributed by atoms with E-state index in [1.807, 2.05) is 6.07 Å². The summed E-state index contributed by atoms with van der Waals surface area (Å²) in [7, 11) is 0. The summed E-state index contributed by atoms with van der Waals surface area (Å²) < 4.78 is 0.914. The molecular weight excluding hydrogens is 216 g/mol. The molecule has 12 heavy (non-hydrogen) atoms. The van der Waals surface area contributed by atoms with E-state index in [2.05, 4.69) is 32.3 Å². The normalized spacial score (nSPS) is 17.1. The van der Waals surface area contributed by atoms with Crippen molar-refractivity contribution in [3.63, 3.8) is 0 Å². The van der Waals surface area contributed by atoms with E-state index in [0.29, 0.717) is 6.04 Å². The van der Waals surface area contributed by atoms with E-state index in [1.165, 1.54) is 19.3 Å². The average Bonchev–Trinajstić information content (AvgIpc) is 2.00. The molecule has 1 heterocycles. The molecule has 64 valence electrons. The third-order valence-corrected chi connectivity index (χ3v) is 2.86. The van der Waals surface area contributed by atoms with Crippen molar-refractivity contribution >= 4 is 21.6 Å². The summed E-state index contributed by atoms with van der Waals surface area (Å²) in [6.45, 7) is 0. The minimum absolute atomic E-state index is 0.672. The maximum atomic E-state index is 4.14. The van der Waals surface area contributed by atoms with Crippen molar-refractivity contribution in [2.45, 2.75) is 25.3 Å². The molecule has 0 saturated heterocycles. The molecule has 0 aliphatic heterocycles. The van der Waals surface area contributed by atoms with E-state index in [0.717, 1.165) is 10.3 Å². The van der Waals surface area contributed by atoms with Gasteiger partial charge in [0, 0.05) is 12.2 Å². The summed E-state index contributed by atoms with van der Waals surface area (Å²) >= 11 is 3.40. The zero-order valence-corrected chi connectivity index (χ0v) is 8.34. The van der Waals surface area contributed by atoms with Gasteiger partial charge in [0.2, 0.25) is 0 Å². The molecule has 1 aromatic rings. The number of rotatable bonds is 2. The number of hydrogen-bond acceptors (Lipinski definition) is 2. The average molecular weight is 227 g/mol. The van der Waals surface area contributed by atoms with E-state index in [1.54, 1.807) is 6.20 Å². The van der Waals surface area contributed by atoms with Gasteiger partial charge in [-0.05, 0) is 47.3 Å². The Morgan fingerprint density at radius 3 is 2.92 bits per heavy atom. The SMILES string of the molecule is Brc1ncccc1NC1CCC1. The van der Waals surface area contributed by atoms with Crippen molar-refractivity contribution in [3.8, 4) is 0 Å². The van der Waals surface area contributed by atoms with Crippen molar-refractivity contribution in [1.29, 1.82) is 0 Å². The molecule has 1 fully saturated rings. The second-order valence-corrected chi connectivity index (χ2v) is 3.87. The highest BCUT2D eigenvalue weighted by Gasteiger charge is 2.17. The van der Waals surface area contributed by atoms with Gasteiger partial charge in [-0.25, -0.2) is 4.98 Å². The van der Waals surface area contributed by atoms with Gasteiger partial charge in [-0.3, -0.25) is 0 Å². The first-order valence-electron chi connectivity index (χ1n) is 4.23. The second-order valence-electron chi connectivity index (χ2n) is 3.11. The largest absolute Gasteiger partial charge is 0.380 e. The Labute approximate surface area is 80.5 Å². The molecule has 0 spiro atoms. The van der Waals surface area contributed by atoms with E-state index in [9.17, 15) is 0 Å². The predicted molar refractivity (Wildman–Crippen MR) is 53.2 cm³/mol. The van der Waals surface area contributed by atoms with Crippen LogP contribution in [0.3, 0.4) is 0 Å². The standard InChI is InChI=1S/C9H11BrN2/c10-9-8(5-2-6-11-9)12-7-3-1-4-7/h2,5-7,12H,1,3-4H2. The van der Waals surface area contributed by atoms with Crippen LogP contribution in [0.4, 0.5) is 5.69 Å². The molecule has 0 amide bonds. The fraction of sp³-hybridized carbons (Fsp3) is 0.444. The molecule has 1 saturated carbocycles. The molecule has 0 aromatic carbocycles. The molecule has 1 aliphatic rings. The van der Waals surface area contributed by atoms with Gasteiger partial charge >= 0.3 is 0 Å². The number of pyridine rings is 1. The smallest absolute Gasteiger partial charge is 0.129 e. The van der Waals surface area contributed by atoms with Gasteiger partial charge in [0.25, 0.3) is 0 Å². The number of aromatic nitrogens is 1. The highest BCUT2D eigenvalue weighted by Crippen LogP contribution is 2.26. The maximum absolute atomic E-state index is 4.14. The molecule has 0 radical (unpaired) electrons. The van der Waals surface area contributed by atoms with E-state index >= 15 is 0 Å². The summed E-state index contributed by atoms with van der Waals surface area (Å²) in [5, 5.41) is 3.44. The summed E-state index contributed by atoms with van der Waals surface area (Å²) in [5.41, 5.74) is 1.11. The van der Waals surface area contributed by atoms with Crippen LogP contribution in [0.15, 0.2) is 22.9 Å². The number of hydrogen-bond donors (Lipinski definition) is 1. The van der Waals surface area contributed by atoms with Crippen LogP contribution in [0.25, 0.3) is 0 Å². The summed E-state index contributed by atoms with van der Waals surface area (Å²) in [4.78, 5) is 4.14. The van der Waals surface area contributed by atoms with Crippen LogP contribution >= 0.6 is 15.9 Å². The van der Waals surface area contributed by atoms with Crippen molar-refractivity contribution < 1.29 is 0 Å². The number of anilines is 1. The van der Waals surface area contributed by atoms with Crippen LogP contribution in [0, 0.1) is 0 Å². The van der Waals surface area contributed by atoms with E-state index in [4.69, 9.17) is 0 Å².